The maximum Gasteiger partial charge on any atom is 0.275 e. The Balaban J connectivity index is 2.31. The summed E-state index contributed by atoms with van der Waals surface area (Å²) in [6.45, 7) is 0. The number of nitrogens with one attached hydrogen (secondary N) is 1. The molecular weight excluding hydrogens is 360 g/mol. The number of methoxy groups -OCH3 is 2. The van der Waals surface area contributed by atoms with Crippen molar-refractivity contribution in [2.45, 2.75) is 0 Å². The number of anilines is 1. The summed E-state index contributed by atoms with van der Waals surface area (Å²) in [7, 11) is 3.02. The van der Waals surface area contributed by atoms with Crippen LogP contribution in [0.2, 0.25) is 5.02 Å². The van der Waals surface area contributed by atoms with Gasteiger partial charge in [-0.1, -0.05) is 11.6 Å². The number of carbonyl (C=O) groups is 1. The predicted molar refractivity (Wildman–Crippen MR) is 84.4 cm³/mol. The average Bonchev–Trinajstić information content (AvgIpc) is 2.49. The molecule has 2 aromatic rings. The van der Waals surface area contributed by atoms with Crippen molar-refractivity contribution in [2.24, 2.45) is 0 Å². The lowest BCUT2D eigenvalue weighted by molar-refractivity contribution is 0.102. The zero-order valence-corrected chi connectivity index (χ0v) is 13.7. The minimum atomic E-state index is -0.378. The van der Waals surface area contributed by atoms with Crippen molar-refractivity contribution in [3.8, 4) is 11.5 Å². The van der Waals surface area contributed by atoms with Crippen molar-refractivity contribution < 1.29 is 14.3 Å². The summed E-state index contributed by atoms with van der Waals surface area (Å²) in [6.07, 6.45) is 1.54. The summed E-state index contributed by atoms with van der Waals surface area (Å²) in [6, 6.07) is 6.63. The van der Waals surface area contributed by atoms with E-state index in [9.17, 15) is 4.79 Å². The summed E-state index contributed by atoms with van der Waals surface area (Å²) in [5, 5.41) is 3.04. The van der Waals surface area contributed by atoms with Gasteiger partial charge in [0.15, 0.2) is 11.5 Å². The molecule has 1 heterocycles. The molecule has 0 aliphatic rings. The number of pyridine rings is 1. The van der Waals surface area contributed by atoms with Crippen LogP contribution in [0.3, 0.4) is 0 Å². The number of amides is 1. The Bertz CT molecular complexity index is 679. The van der Waals surface area contributed by atoms with Gasteiger partial charge < -0.3 is 14.8 Å². The monoisotopic (exact) mass is 370 g/mol. The number of aromatic nitrogens is 1. The Hall–Kier alpha value is -1.79. The Morgan fingerprint density at radius 3 is 2.57 bits per heavy atom. The Morgan fingerprint density at radius 2 is 1.95 bits per heavy atom. The highest BCUT2D eigenvalue weighted by atomic mass is 79.9. The molecule has 1 amide bonds. The first-order valence-corrected chi connectivity index (χ1v) is 7.07. The van der Waals surface area contributed by atoms with Crippen molar-refractivity contribution >= 4 is 39.1 Å². The molecule has 0 aliphatic carbocycles. The van der Waals surface area contributed by atoms with Gasteiger partial charge in [0, 0.05) is 22.8 Å². The van der Waals surface area contributed by atoms with Gasteiger partial charge in [0.05, 0.1) is 24.9 Å². The lowest BCUT2D eigenvalue weighted by Gasteiger charge is -2.12. The van der Waals surface area contributed by atoms with E-state index < -0.39 is 0 Å². The number of rotatable bonds is 4. The highest BCUT2D eigenvalue weighted by Gasteiger charge is 2.15. The fourth-order valence-electron chi connectivity index (χ4n) is 1.68. The molecule has 0 saturated carbocycles. The minimum absolute atomic E-state index is 0.267. The molecule has 0 radical (unpaired) electrons. The van der Waals surface area contributed by atoms with E-state index in [1.807, 2.05) is 0 Å². The number of ether oxygens (including phenoxy) is 2. The van der Waals surface area contributed by atoms with Gasteiger partial charge in [0.2, 0.25) is 0 Å². The second-order valence-corrected chi connectivity index (χ2v) is 5.24. The van der Waals surface area contributed by atoms with Crippen molar-refractivity contribution in [3.05, 3.63) is 45.7 Å². The van der Waals surface area contributed by atoms with Gasteiger partial charge in [-0.3, -0.25) is 4.79 Å². The van der Waals surface area contributed by atoms with Crippen molar-refractivity contribution in [1.82, 2.24) is 4.98 Å². The van der Waals surface area contributed by atoms with Crippen LogP contribution in [0.25, 0.3) is 0 Å². The first-order chi connectivity index (χ1) is 10.1. The molecule has 1 aromatic heterocycles. The minimum Gasteiger partial charge on any atom is -0.493 e. The molecule has 1 N–H and O–H groups in total. The molecular formula is C14H12BrClN2O3. The second kappa shape index (κ2) is 6.78. The maximum absolute atomic E-state index is 12.2. The van der Waals surface area contributed by atoms with Crippen LogP contribution in [0.1, 0.15) is 10.5 Å². The van der Waals surface area contributed by atoms with Crippen LogP contribution in [0.4, 0.5) is 5.69 Å². The SMILES string of the molecule is COc1cc(Cl)c(NC(=O)c2ncccc2Br)cc1OC. The standard InChI is InChI=1S/C14H12BrClN2O3/c1-20-11-6-9(16)10(7-12(11)21-2)18-14(19)13-8(15)4-3-5-17-13/h3-7H,1-2H3,(H,18,19). The van der Waals surface area contributed by atoms with E-state index in [-0.39, 0.29) is 11.6 Å². The van der Waals surface area contributed by atoms with Crippen LogP contribution in [0, 0.1) is 0 Å². The van der Waals surface area contributed by atoms with Crippen molar-refractivity contribution in [1.29, 1.82) is 0 Å². The van der Waals surface area contributed by atoms with Crippen LogP contribution in [0.5, 0.6) is 11.5 Å². The number of hydrogen-bond donors (Lipinski definition) is 1. The molecule has 7 heteroatoms. The van der Waals surface area contributed by atoms with Crippen LogP contribution < -0.4 is 14.8 Å². The van der Waals surface area contributed by atoms with Gasteiger partial charge in [-0.2, -0.15) is 0 Å². The lowest BCUT2D eigenvalue weighted by atomic mass is 10.2. The largest absolute Gasteiger partial charge is 0.493 e. The zero-order chi connectivity index (χ0) is 15.4. The van der Waals surface area contributed by atoms with Crippen molar-refractivity contribution in [2.75, 3.05) is 19.5 Å². The lowest BCUT2D eigenvalue weighted by Crippen LogP contribution is -2.14. The van der Waals surface area contributed by atoms with Gasteiger partial charge in [-0.15, -0.1) is 0 Å². The van der Waals surface area contributed by atoms with Crippen LogP contribution in [-0.2, 0) is 0 Å². The number of nitrogens with zero attached hydrogens (tertiary/aromatic N) is 1. The predicted octanol–water partition coefficient (Wildman–Crippen LogP) is 3.77. The molecule has 0 atom stereocenters. The summed E-state index contributed by atoms with van der Waals surface area (Å²) >= 11 is 9.40. The molecule has 0 fully saturated rings. The smallest absolute Gasteiger partial charge is 0.275 e. The quantitative estimate of drug-likeness (QED) is 0.889. The molecule has 0 spiro atoms. The third kappa shape index (κ3) is 3.46. The molecule has 2 rings (SSSR count). The van der Waals surface area contributed by atoms with Gasteiger partial charge in [-0.05, 0) is 28.1 Å². The Morgan fingerprint density at radius 1 is 1.29 bits per heavy atom. The molecule has 0 unspecified atom stereocenters. The van der Waals surface area contributed by atoms with Crippen LogP contribution in [-0.4, -0.2) is 25.1 Å². The van der Waals surface area contributed by atoms with E-state index in [2.05, 4.69) is 26.2 Å². The number of halogens is 2. The number of hydrogen-bond acceptors (Lipinski definition) is 4. The summed E-state index contributed by atoms with van der Waals surface area (Å²) in [5.41, 5.74) is 0.681. The molecule has 0 bridgehead atoms. The zero-order valence-electron chi connectivity index (χ0n) is 11.3. The van der Waals surface area contributed by atoms with E-state index in [1.165, 1.54) is 20.4 Å². The first kappa shape index (κ1) is 15.6. The van der Waals surface area contributed by atoms with E-state index in [0.29, 0.717) is 26.7 Å². The highest BCUT2D eigenvalue weighted by Crippen LogP contribution is 2.36. The third-order valence-electron chi connectivity index (χ3n) is 2.69. The highest BCUT2D eigenvalue weighted by molar-refractivity contribution is 9.10. The molecule has 0 aliphatic heterocycles. The van der Waals surface area contributed by atoms with E-state index in [4.69, 9.17) is 21.1 Å². The summed E-state index contributed by atoms with van der Waals surface area (Å²) in [5.74, 6) is 0.577. The maximum atomic E-state index is 12.2. The molecule has 5 nitrogen and oxygen atoms in total. The van der Waals surface area contributed by atoms with Gasteiger partial charge in [-0.25, -0.2) is 4.98 Å². The number of carbonyl (C=O) groups excluding carboxylic acids is 1. The van der Waals surface area contributed by atoms with Gasteiger partial charge in [0.1, 0.15) is 5.69 Å². The molecule has 0 saturated heterocycles. The fourth-order valence-corrected chi connectivity index (χ4v) is 2.32. The van der Waals surface area contributed by atoms with Crippen LogP contribution in [0.15, 0.2) is 34.9 Å². The molecule has 1 aromatic carbocycles. The fraction of sp³-hybridized carbons (Fsp3) is 0.143. The second-order valence-electron chi connectivity index (χ2n) is 3.97. The number of benzene rings is 1. The van der Waals surface area contributed by atoms with E-state index >= 15 is 0 Å². The van der Waals surface area contributed by atoms with E-state index in [1.54, 1.807) is 24.3 Å². The van der Waals surface area contributed by atoms with Gasteiger partial charge >= 0.3 is 0 Å². The van der Waals surface area contributed by atoms with Crippen LogP contribution >= 0.6 is 27.5 Å². The Labute approximate surface area is 135 Å². The topological polar surface area (TPSA) is 60.5 Å². The normalized spacial score (nSPS) is 10.1. The summed E-state index contributed by atoms with van der Waals surface area (Å²) in [4.78, 5) is 16.2. The van der Waals surface area contributed by atoms with Gasteiger partial charge in [0.25, 0.3) is 5.91 Å². The Kier molecular flexibility index (Phi) is 5.03. The molecule has 21 heavy (non-hydrogen) atoms. The average molecular weight is 372 g/mol. The third-order valence-corrected chi connectivity index (χ3v) is 3.65. The van der Waals surface area contributed by atoms with Crippen molar-refractivity contribution in [3.63, 3.8) is 0 Å². The van der Waals surface area contributed by atoms with E-state index in [0.717, 1.165) is 0 Å². The first-order valence-electron chi connectivity index (χ1n) is 5.90. The summed E-state index contributed by atoms with van der Waals surface area (Å²) < 4.78 is 10.9. The molecule has 110 valence electrons.